The lowest BCUT2D eigenvalue weighted by Gasteiger charge is -2.19. The number of rotatable bonds is 7. The van der Waals surface area contributed by atoms with E-state index in [1.807, 2.05) is 5.32 Å². The minimum absolute atomic E-state index is 0.0428. The summed E-state index contributed by atoms with van der Waals surface area (Å²) < 4.78 is 32.4. The highest BCUT2D eigenvalue weighted by Crippen LogP contribution is 2.17. The van der Waals surface area contributed by atoms with Crippen LogP contribution in [0.2, 0.25) is 0 Å². The number of carbonyl (C=O) groups is 3. The van der Waals surface area contributed by atoms with E-state index in [4.69, 9.17) is 10.5 Å². The predicted octanol–water partition coefficient (Wildman–Crippen LogP) is 1.86. The number of nitrogens with two attached hydrogens (primary N) is 1. The van der Waals surface area contributed by atoms with Gasteiger partial charge in [0.1, 0.15) is 0 Å². The first-order valence-corrected chi connectivity index (χ1v) is 10.1. The largest absolute Gasteiger partial charge is 0.448 e. The molecule has 0 heterocycles. The number of esters is 1. The van der Waals surface area contributed by atoms with Gasteiger partial charge in [-0.1, -0.05) is 32.0 Å². The summed E-state index contributed by atoms with van der Waals surface area (Å²) in [6.07, 6.45) is -1.24. The maximum atomic E-state index is 12.4. The summed E-state index contributed by atoms with van der Waals surface area (Å²) in [7, 11) is -3.84. The van der Waals surface area contributed by atoms with Crippen LogP contribution in [0.5, 0.6) is 0 Å². The molecule has 0 saturated heterocycles. The molecule has 0 radical (unpaired) electrons. The Labute approximate surface area is 168 Å². The van der Waals surface area contributed by atoms with Crippen LogP contribution >= 0.6 is 0 Å². The van der Waals surface area contributed by atoms with Crippen molar-refractivity contribution in [2.45, 2.75) is 24.8 Å². The van der Waals surface area contributed by atoms with Gasteiger partial charge in [0.05, 0.1) is 10.5 Å². The highest BCUT2D eigenvalue weighted by Gasteiger charge is 2.28. The highest BCUT2D eigenvalue weighted by molar-refractivity contribution is 7.92. The van der Waals surface area contributed by atoms with Crippen LogP contribution in [0.1, 0.15) is 24.2 Å². The molecule has 154 valence electrons. The van der Waals surface area contributed by atoms with Crippen molar-refractivity contribution in [2.75, 3.05) is 4.72 Å². The Morgan fingerprint density at radius 2 is 1.55 bits per heavy atom. The molecule has 0 aliphatic rings. The lowest BCUT2D eigenvalue weighted by atomic mass is 10.1. The third-order valence-electron chi connectivity index (χ3n) is 3.77. The third-order valence-corrected chi connectivity index (χ3v) is 5.17. The second-order valence-electron chi connectivity index (χ2n) is 6.42. The number of nitrogens with one attached hydrogen (secondary N) is 2. The average Bonchev–Trinajstić information content (AvgIpc) is 2.65. The van der Waals surface area contributed by atoms with Gasteiger partial charge in [0.25, 0.3) is 15.9 Å². The summed E-state index contributed by atoms with van der Waals surface area (Å²) >= 11 is 0. The molecule has 0 unspecified atom stereocenters. The minimum atomic E-state index is -3.84. The lowest BCUT2D eigenvalue weighted by molar-refractivity contribution is -0.130. The van der Waals surface area contributed by atoms with E-state index in [9.17, 15) is 22.8 Å². The fourth-order valence-corrected chi connectivity index (χ4v) is 3.42. The van der Waals surface area contributed by atoms with Gasteiger partial charge in [-0.3, -0.25) is 14.8 Å². The Hall–Kier alpha value is -3.40. The zero-order valence-electron chi connectivity index (χ0n) is 15.8. The van der Waals surface area contributed by atoms with Gasteiger partial charge < -0.3 is 10.5 Å². The molecule has 0 spiro atoms. The van der Waals surface area contributed by atoms with Gasteiger partial charge in [0.15, 0.2) is 6.10 Å². The fourth-order valence-electron chi connectivity index (χ4n) is 2.36. The van der Waals surface area contributed by atoms with Gasteiger partial charge in [0, 0.05) is 5.69 Å². The minimum Gasteiger partial charge on any atom is -0.448 e. The number of hydrogen-bond donors (Lipinski definition) is 3. The number of primary amides is 1. The smallest absolute Gasteiger partial charge is 0.338 e. The molecule has 0 saturated carbocycles. The number of amides is 3. The number of anilines is 1. The van der Waals surface area contributed by atoms with Crippen LogP contribution in [0.25, 0.3) is 0 Å². The number of sulfonamides is 1. The topological polar surface area (TPSA) is 145 Å². The van der Waals surface area contributed by atoms with Gasteiger partial charge in [0.2, 0.25) is 0 Å². The maximum absolute atomic E-state index is 12.4. The van der Waals surface area contributed by atoms with E-state index in [0.717, 1.165) is 0 Å². The summed E-state index contributed by atoms with van der Waals surface area (Å²) in [6.45, 7) is 3.26. The molecular weight excluding hydrogens is 398 g/mol. The zero-order valence-corrected chi connectivity index (χ0v) is 16.6. The Bertz CT molecular complexity index is 988. The fraction of sp³-hybridized carbons (Fsp3) is 0.211. The molecule has 3 amide bonds. The lowest BCUT2D eigenvalue weighted by Crippen LogP contribution is -2.45. The van der Waals surface area contributed by atoms with Crippen molar-refractivity contribution < 1.29 is 27.5 Å². The van der Waals surface area contributed by atoms with Gasteiger partial charge >= 0.3 is 12.0 Å². The third kappa shape index (κ3) is 6.04. The number of carbonyl (C=O) groups excluding carboxylic acids is 3. The van der Waals surface area contributed by atoms with Crippen LogP contribution in [0, 0.1) is 5.92 Å². The number of ether oxygens (including phenoxy) is 1. The Morgan fingerprint density at radius 3 is 2.07 bits per heavy atom. The molecule has 9 nitrogen and oxygen atoms in total. The van der Waals surface area contributed by atoms with Crippen LogP contribution in [0.3, 0.4) is 0 Å². The van der Waals surface area contributed by atoms with Crippen molar-refractivity contribution in [2.24, 2.45) is 11.7 Å². The normalized spacial score (nSPS) is 12.1. The average molecular weight is 419 g/mol. The Kier molecular flexibility index (Phi) is 6.94. The van der Waals surface area contributed by atoms with Crippen LogP contribution in [-0.2, 0) is 19.6 Å². The maximum Gasteiger partial charge on any atom is 0.338 e. The predicted molar refractivity (Wildman–Crippen MR) is 105 cm³/mol. The van der Waals surface area contributed by atoms with E-state index < -0.39 is 40.0 Å². The van der Waals surface area contributed by atoms with Crippen LogP contribution in [0.15, 0.2) is 59.5 Å². The Balaban J connectivity index is 2.13. The molecule has 0 aromatic heterocycles. The first kappa shape index (κ1) is 21.9. The second kappa shape index (κ2) is 9.20. The van der Waals surface area contributed by atoms with Gasteiger partial charge in [-0.15, -0.1) is 0 Å². The van der Waals surface area contributed by atoms with E-state index in [0.29, 0.717) is 5.69 Å². The van der Waals surface area contributed by atoms with Crippen molar-refractivity contribution in [1.29, 1.82) is 0 Å². The molecule has 29 heavy (non-hydrogen) atoms. The van der Waals surface area contributed by atoms with E-state index in [-0.39, 0.29) is 10.5 Å². The van der Waals surface area contributed by atoms with Crippen LogP contribution in [-0.4, -0.2) is 32.4 Å². The van der Waals surface area contributed by atoms with Crippen molar-refractivity contribution in [1.82, 2.24) is 5.32 Å². The first-order valence-electron chi connectivity index (χ1n) is 8.59. The molecule has 0 bridgehead atoms. The van der Waals surface area contributed by atoms with Gasteiger partial charge in [-0.2, -0.15) is 0 Å². The summed E-state index contributed by atoms with van der Waals surface area (Å²) in [5.41, 5.74) is 5.35. The van der Waals surface area contributed by atoms with Crippen molar-refractivity contribution in [3.05, 3.63) is 60.2 Å². The second-order valence-corrected chi connectivity index (χ2v) is 8.10. The monoisotopic (exact) mass is 419 g/mol. The van der Waals surface area contributed by atoms with Crippen molar-refractivity contribution in [3.8, 4) is 0 Å². The van der Waals surface area contributed by atoms with Crippen LogP contribution in [0.4, 0.5) is 10.5 Å². The van der Waals surface area contributed by atoms with E-state index >= 15 is 0 Å². The van der Waals surface area contributed by atoms with E-state index in [1.165, 1.54) is 24.3 Å². The molecule has 1 atom stereocenters. The number of para-hydroxylation sites is 1. The number of hydrogen-bond acceptors (Lipinski definition) is 6. The molecule has 0 aliphatic carbocycles. The van der Waals surface area contributed by atoms with Gasteiger partial charge in [-0.05, 0) is 42.3 Å². The summed E-state index contributed by atoms with van der Waals surface area (Å²) in [5, 5.41) is 1.87. The van der Waals surface area contributed by atoms with E-state index in [2.05, 4.69) is 4.72 Å². The molecule has 2 rings (SSSR count). The number of imide groups is 1. The van der Waals surface area contributed by atoms with Gasteiger partial charge in [-0.25, -0.2) is 18.0 Å². The van der Waals surface area contributed by atoms with Crippen molar-refractivity contribution >= 4 is 33.6 Å². The SMILES string of the molecule is CC(C)[C@H](OC(=O)c1ccc(S(=O)(=O)Nc2ccccc2)cc1)C(=O)NC(N)=O. The quantitative estimate of drug-likeness (QED) is 0.584. The summed E-state index contributed by atoms with van der Waals surface area (Å²) in [6, 6.07) is 12.3. The summed E-state index contributed by atoms with van der Waals surface area (Å²) in [4.78, 5) is 35.1. The molecular formula is C19H21N3O6S. The first-order chi connectivity index (χ1) is 13.6. The van der Waals surface area contributed by atoms with Crippen LogP contribution < -0.4 is 15.8 Å². The molecule has 0 fully saturated rings. The molecule has 2 aromatic carbocycles. The molecule has 10 heteroatoms. The molecule has 2 aromatic rings. The number of urea groups is 1. The Morgan fingerprint density at radius 1 is 0.966 bits per heavy atom. The standard InChI is InChI=1S/C19H21N3O6S/c1-12(2)16(17(23)21-19(20)25)28-18(24)13-8-10-15(11-9-13)29(26,27)22-14-6-4-3-5-7-14/h3-12,16,22H,1-2H3,(H3,20,21,23,25)/t16-/m0/s1. The van der Waals surface area contributed by atoms with E-state index in [1.54, 1.807) is 44.2 Å². The summed E-state index contributed by atoms with van der Waals surface area (Å²) in [5.74, 6) is -2.11. The highest BCUT2D eigenvalue weighted by atomic mass is 32.2. The van der Waals surface area contributed by atoms with Crippen molar-refractivity contribution in [3.63, 3.8) is 0 Å². The molecule has 0 aliphatic heterocycles. The molecule has 4 N–H and O–H groups in total. The zero-order chi connectivity index (χ0) is 21.6. The number of benzene rings is 2.